The number of hydrogen-bond donors (Lipinski definition) is 2. The van der Waals surface area contributed by atoms with Crippen molar-refractivity contribution in [2.24, 2.45) is 0 Å². The molecule has 1 saturated heterocycles. The Morgan fingerprint density at radius 2 is 1.76 bits per heavy atom. The van der Waals surface area contributed by atoms with Crippen LogP contribution in [0.2, 0.25) is 5.02 Å². The summed E-state index contributed by atoms with van der Waals surface area (Å²) in [5.41, 5.74) is 5.57. The summed E-state index contributed by atoms with van der Waals surface area (Å²) >= 11 is 12.3. The molecule has 2 atom stereocenters. The molecule has 9 nitrogen and oxygen atoms in total. The number of nitrogens with zero attached hydrogens (tertiary/aromatic N) is 3. The van der Waals surface area contributed by atoms with E-state index >= 15 is 0 Å². The zero-order chi connectivity index (χ0) is 29.5. The van der Waals surface area contributed by atoms with Crippen LogP contribution in [-0.2, 0) is 10.0 Å². The average Bonchev–Trinajstić information content (AvgIpc) is 3.42. The van der Waals surface area contributed by atoms with Crippen LogP contribution >= 0.6 is 23.8 Å². The minimum Gasteiger partial charge on any atom is -0.495 e. The average molecular weight is 612 g/mol. The van der Waals surface area contributed by atoms with Crippen molar-refractivity contribution in [3.63, 3.8) is 0 Å². The highest BCUT2D eigenvalue weighted by atomic mass is 35.5. The Bertz CT molecular complexity index is 1730. The van der Waals surface area contributed by atoms with E-state index < -0.39 is 10.0 Å². The van der Waals surface area contributed by atoms with Gasteiger partial charge in [-0.15, -0.1) is 0 Å². The van der Waals surface area contributed by atoms with Crippen molar-refractivity contribution in [1.82, 2.24) is 14.9 Å². The summed E-state index contributed by atoms with van der Waals surface area (Å²) in [6.45, 7) is 4.07. The fraction of sp³-hybridized carbons (Fsp3) is 0.241. The van der Waals surface area contributed by atoms with Gasteiger partial charge in [0.1, 0.15) is 11.5 Å². The van der Waals surface area contributed by atoms with Crippen LogP contribution in [-0.4, -0.2) is 43.6 Å². The van der Waals surface area contributed by atoms with Crippen LogP contribution in [0.25, 0.3) is 5.69 Å². The van der Waals surface area contributed by atoms with Gasteiger partial charge in [0.2, 0.25) is 10.0 Å². The summed E-state index contributed by atoms with van der Waals surface area (Å²) in [7, 11) is -0.446. The molecule has 0 unspecified atom stereocenters. The predicted octanol–water partition coefficient (Wildman–Crippen LogP) is 5.71. The van der Waals surface area contributed by atoms with Gasteiger partial charge in [-0.1, -0.05) is 17.7 Å². The van der Waals surface area contributed by atoms with Crippen molar-refractivity contribution >= 4 is 50.3 Å². The number of nitrogens with one attached hydrogen (secondary N) is 2. The highest BCUT2D eigenvalue weighted by molar-refractivity contribution is 7.92. The van der Waals surface area contributed by atoms with E-state index in [1.807, 2.05) is 55.1 Å². The van der Waals surface area contributed by atoms with Gasteiger partial charge in [-0.3, -0.25) is 9.71 Å². The standard InChI is InChI=1S/C29H30ClN5O4S2/c1-17-14-21(18(2)34(17)24-15-19(30)9-11-26(24)39-4)28-27(22-8-6-7-13-31-22)32-29(40)35(28)20-10-12-25(38-3)23(16-20)33-41(5,36)37/h6-16,27-28,33H,1-5H3,(H,32,40)/t27-,28-/m0/s1. The second kappa shape index (κ2) is 11.2. The minimum absolute atomic E-state index is 0.299. The lowest BCUT2D eigenvalue weighted by atomic mass is 9.96. The first-order valence-corrected chi connectivity index (χ1v) is 15.4. The van der Waals surface area contributed by atoms with Gasteiger partial charge >= 0.3 is 0 Å². The van der Waals surface area contributed by atoms with Crippen molar-refractivity contribution in [1.29, 1.82) is 0 Å². The van der Waals surface area contributed by atoms with E-state index in [0.29, 0.717) is 33.0 Å². The Labute approximate surface area is 250 Å². The minimum atomic E-state index is -3.57. The van der Waals surface area contributed by atoms with E-state index in [1.54, 1.807) is 31.5 Å². The molecule has 2 N–H and O–H groups in total. The number of rotatable bonds is 8. The maximum Gasteiger partial charge on any atom is 0.229 e. The Kier molecular flexibility index (Phi) is 7.87. The lowest BCUT2D eigenvalue weighted by molar-refractivity contribution is 0.412. The molecule has 2 aromatic heterocycles. The van der Waals surface area contributed by atoms with Crippen LogP contribution in [0.5, 0.6) is 11.5 Å². The fourth-order valence-electron chi connectivity index (χ4n) is 5.37. The first-order valence-electron chi connectivity index (χ1n) is 12.7. The highest BCUT2D eigenvalue weighted by Crippen LogP contribution is 2.45. The molecule has 41 heavy (non-hydrogen) atoms. The molecule has 3 heterocycles. The maximum absolute atomic E-state index is 12.1. The molecule has 214 valence electrons. The highest BCUT2D eigenvalue weighted by Gasteiger charge is 2.42. The fourth-order valence-corrected chi connectivity index (χ4v) is 6.44. The van der Waals surface area contributed by atoms with Crippen molar-refractivity contribution in [2.75, 3.05) is 30.1 Å². The number of benzene rings is 2. The molecule has 0 spiro atoms. The van der Waals surface area contributed by atoms with Gasteiger partial charge in [0.05, 0.1) is 49.6 Å². The number of thiocarbonyl (C=S) groups is 1. The van der Waals surface area contributed by atoms with Gasteiger partial charge in [0.15, 0.2) is 5.11 Å². The van der Waals surface area contributed by atoms with Crippen molar-refractivity contribution in [3.8, 4) is 17.2 Å². The van der Waals surface area contributed by atoms with Crippen LogP contribution in [0.15, 0.2) is 66.9 Å². The van der Waals surface area contributed by atoms with Crippen LogP contribution in [0, 0.1) is 13.8 Å². The van der Waals surface area contributed by atoms with E-state index in [4.69, 9.17) is 33.3 Å². The van der Waals surface area contributed by atoms with E-state index in [1.165, 1.54) is 7.11 Å². The number of anilines is 2. The zero-order valence-corrected chi connectivity index (χ0v) is 25.6. The van der Waals surface area contributed by atoms with Gasteiger partial charge in [-0.05, 0) is 86.2 Å². The molecule has 0 radical (unpaired) electrons. The monoisotopic (exact) mass is 611 g/mol. The molecule has 0 bridgehead atoms. The van der Waals surface area contributed by atoms with Crippen LogP contribution in [0.3, 0.4) is 0 Å². The molecule has 0 saturated carbocycles. The van der Waals surface area contributed by atoms with E-state index in [2.05, 4.69) is 25.7 Å². The van der Waals surface area contributed by atoms with Crippen molar-refractivity contribution in [3.05, 3.63) is 94.5 Å². The zero-order valence-electron chi connectivity index (χ0n) is 23.2. The van der Waals surface area contributed by atoms with Crippen LogP contribution < -0.4 is 24.4 Å². The Morgan fingerprint density at radius 3 is 2.41 bits per heavy atom. The molecule has 5 rings (SSSR count). The van der Waals surface area contributed by atoms with Gasteiger partial charge < -0.3 is 24.3 Å². The molecule has 0 aliphatic carbocycles. The Balaban J connectivity index is 1.71. The number of halogens is 1. The lowest BCUT2D eigenvalue weighted by Crippen LogP contribution is -2.29. The number of ether oxygens (including phenoxy) is 2. The van der Waals surface area contributed by atoms with Gasteiger partial charge in [-0.2, -0.15) is 0 Å². The largest absolute Gasteiger partial charge is 0.495 e. The molecule has 0 amide bonds. The van der Waals surface area contributed by atoms with Gasteiger partial charge in [0.25, 0.3) is 0 Å². The molecule has 1 aliphatic heterocycles. The molecular formula is C29H30ClN5O4S2. The van der Waals surface area contributed by atoms with Crippen molar-refractivity contribution in [2.45, 2.75) is 25.9 Å². The first-order chi connectivity index (χ1) is 19.5. The number of hydrogen-bond acceptors (Lipinski definition) is 6. The topological polar surface area (TPSA) is 97.7 Å². The van der Waals surface area contributed by atoms with Gasteiger partial charge in [-0.25, -0.2) is 8.42 Å². The second-order valence-corrected chi connectivity index (χ2v) is 12.3. The summed E-state index contributed by atoms with van der Waals surface area (Å²) in [6, 6.07) is 18.1. The molecule has 4 aromatic rings. The Hall–Kier alpha value is -3.80. The third kappa shape index (κ3) is 5.57. The van der Waals surface area contributed by atoms with E-state index in [0.717, 1.165) is 34.6 Å². The lowest BCUT2D eigenvalue weighted by Gasteiger charge is -2.29. The first kappa shape index (κ1) is 28.7. The van der Waals surface area contributed by atoms with Crippen LogP contribution in [0.4, 0.5) is 11.4 Å². The summed E-state index contributed by atoms with van der Waals surface area (Å²) in [4.78, 5) is 6.63. The molecule has 12 heteroatoms. The molecular weight excluding hydrogens is 582 g/mol. The third-order valence-corrected chi connectivity index (χ3v) is 8.17. The van der Waals surface area contributed by atoms with Gasteiger partial charge in [0, 0.05) is 28.3 Å². The number of aryl methyl sites for hydroxylation is 1. The van der Waals surface area contributed by atoms with E-state index in [9.17, 15) is 8.42 Å². The number of aromatic nitrogens is 2. The molecule has 1 fully saturated rings. The number of sulfonamides is 1. The number of pyridine rings is 1. The third-order valence-electron chi connectivity index (χ3n) is 7.03. The quantitative estimate of drug-likeness (QED) is 0.245. The normalized spacial score (nSPS) is 16.9. The molecule has 1 aliphatic rings. The number of methoxy groups -OCH3 is 2. The van der Waals surface area contributed by atoms with Crippen molar-refractivity contribution < 1.29 is 17.9 Å². The Morgan fingerprint density at radius 1 is 1.02 bits per heavy atom. The maximum atomic E-state index is 12.1. The molecule has 2 aromatic carbocycles. The predicted molar refractivity (Wildman–Crippen MR) is 166 cm³/mol. The second-order valence-electron chi connectivity index (χ2n) is 9.73. The van der Waals surface area contributed by atoms with Crippen LogP contribution in [0.1, 0.15) is 34.7 Å². The SMILES string of the molecule is COc1ccc(N2C(=S)N[C@@H](c3ccccn3)[C@@H]2c2cc(C)n(-c3cc(Cl)ccc3OC)c2C)cc1NS(C)(=O)=O. The summed E-state index contributed by atoms with van der Waals surface area (Å²) < 4.78 is 40.0. The summed E-state index contributed by atoms with van der Waals surface area (Å²) in [5.74, 6) is 1.08. The summed E-state index contributed by atoms with van der Waals surface area (Å²) in [5, 5.41) is 4.53. The smallest absolute Gasteiger partial charge is 0.229 e. The van der Waals surface area contributed by atoms with E-state index in [-0.39, 0.29) is 12.1 Å². The summed E-state index contributed by atoms with van der Waals surface area (Å²) in [6.07, 6.45) is 2.85.